The summed E-state index contributed by atoms with van der Waals surface area (Å²) in [6, 6.07) is 7.25. The summed E-state index contributed by atoms with van der Waals surface area (Å²) in [5.74, 6) is -0.160. The summed E-state index contributed by atoms with van der Waals surface area (Å²) in [5, 5.41) is 5.38. The lowest BCUT2D eigenvalue weighted by molar-refractivity contribution is -0.183. The van der Waals surface area contributed by atoms with Crippen LogP contribution in [0.15, 0.2) is 34.7 Å². The van der Waals surface area contributed by atoms with Crippen LogP contribution in [0.25, 0.3) is 11.5 Å². The van der Waals surface area contributed by atoms with E-state index in [9.17, 15) is 18.0 Å². The molecule has 6 nitrogen and oxygen atoms in total. The van der Waals surface area contributed by atoms with Crippen LogP contribution in [0, 0.1) is 6.92 Å². The minimum atomic E-state index is -4.43. The third-order valence-corrected chi connectivity index (χ3v) is 4.46. The second-order valence-corrected chi connectivity index (χ2v) is 6.34. The van der Waals surface area contributed by atoms with Gasteiger partial charge in [0, 0.05) is 38.3 Å². The third kappa shape index (κ3) is 4.67. The Balaban J connectivity index is 1.70. The molecule has 2 aromatic rings. The predicted octanol–water partition coefficient (Wildman–Crippen LogP) is 2.22. The van der Waals surface area contributed by atoms with E-state index in [2.05, 4.69) is 15.6 Å². The summed E-state index contributed by atoms with van der Waals surface area (Å²) < 4.78 is 45.7. The zero-order chi connectivity index (χ0) is 19.4. The molecule has 2 N–H and O–H groups in total. The fourth-order valence-electron chi connectivity index (χ4n) is 3.03. The van der Waals surface area contributed by atoms with Crippen LogP contribution in [0.1, 0.15) is 16.2 Å². The lowest BCUT2D eigenvalue weighted by Gasteiger charge is -2.35. The Hall–Kier alpha value is -2.39. The Morgan fingerprint density at radius 1 is 1.30 bits per heavy atom. The Bertz CT molecular complexity index is 771. The number of alkyl halides is 3. The van der Waals surface area contributed by atoms with Crippen molar-refractivity contribution in [2.45, 2.75) is 19.1 Å². The van der Waals surface area contributed by atoms with Crippen LogP contribution in [-0.4, -0.2) is 60.7 Å². The van der Waals surface area contributed by atoms with Crippen molar-refractivity contribution in [2.75, 3.05) is 32.7 Å². The van der Waals surface area contributed by atoms with Gasteiger partial charge in [-0.25, -0.2) is 4.98 Å². The highest BCUT2D eigenvalue weighted by molar-refractivity contribution is 5.93. The minimum Gasteiger partial charge on any atom is -0.441 e. The van der Waals surface area contributed by atoms with E-state index in [-0.39, 0.29) is 30.4 Å². The van der Waals surface area contributed by atoms with Gasteiger partial charge in [0.05, 0.1) is 0 Å². The quantitative estimate of drug-likeness (QED) is 0.830. The van der Waals surface area contributed by atoms with Gasteiger partial charge in [0.25, 0.3) is 5.91 Å². The van der Waals surface area contributed by atoms with Crippen LogP contribution in [-0.2, 0) is 0 Å². The van der Waals surface area contributed by atoms with Crippen molar-refractivity contribution in [1.29, 1.82) is 0 Å². The summed E-state index contributed by atoms with van der Waals surface area (Å²) in [6.07, 6.45) is -4.43. The third-order valence-electron chi connectivity index (χ3n) is 4.46. The van der Waals surface area contributed by atoms with Crippen molar-refractivity contribution >= 4 is 5.91 Å². The maximum Gasteiger partial charge on any atom is 0.405 e. The summed E-state index contributed by atoms with van der Waals surface area (Å²) in [5.41, 5.74) is 0.684. The number of aryl methyl sites for hydroxylation is 1. The number of hydrogen-bond acceptors (Lipinski definition) is 5. The summed E-state index contributed by atoms with van der Waals surface area (Å²) in [4.78, 5) is 17.9. The number of amides is 1. The number of benzene rings is 1. The molecule has 1 atom stereocenters. The highest BCUT2D eigenvalue weighted by Crippen LogP contribution is 2.25. The zero-order valence-corrected chi connectivity index (χ0v) is 14.8. The fraction of sp³-hybridized carbons (Fsp3) is 0.444. The van der Waals surface area contributed by atoms with Crippen molar-refractivity contribution < 1.29 is 22.4 Å². The monoisotopic (exact) mass is 382 g/mol. The number of halogens is 3. The SMILES string of the molecule is Cc1oc(-c2ccccc2)nc1C(=O)NCC(N1CCNCC1)C(F)(F)F. The van der Waals surface area contributed by atoms with Crippen molar-refractivity contribution in [3.8, 4) is 11.5 Å². The molecule has 0 saturated carbocycles. The van der Waals surface area contributed by atoms with Crippen LogP contribution < -0.4 is 10.6 Å². The lowest BCUT2D eigenvalue weighted by atomic mass is 10.2. The van der Waals surface area contributed by atoms with Gasteiger partial charge in [-0.1, -0.05) is 18.2 Å². The van der Waals surface area contributed by atoms with Crippen LogP contribution in [0.5, 0.6) is 0 Å². The first-order valence-corrected chi connectivity index (χ1v) is 8.69. The minimum absolute atomic E-state index is 0.00455. The number of nitrogens with one attached hydrogen (secondary N) is 2. The van der Waals surface area contributed by atoms with E-state index < -0.39 is 24.7 Å². The van der Waals surface area contributed by atoms with E-state index in [1.165, 1.54) is 4.90 Å². The van der Waals surface area contributed by atoms with Gasteiger partial charge in [-0.15, -0.1) is 0 Å². The normalized spacial score (nSPS) is 16.9. The van der Waals surface area contributed by atoms with E-state index in [0.717, 1.165) is 0 Å². The highest BCUT2D eigenvalue weighted by atomic mass is 19.4. The second-order valence-electron chi connectivity index (χ2n) is 6.34. The molecule has 1 saturated heterocycles. The van der Waals surface area contributed by atoms with Crippen LogP contribution >= 0.6 is 0 Å². The smallest absolute Gasteiger partial charge is 0.405 e. The number of carbonyl (C=O) groups excluding carboxylic acids is 1. The molecule has 0 bridgehead atoms. The molecule has 0 radical (unpaired) electrons. The van der Waals surface area contributed by atoms with E-state index >= 15 is 0 Å². The van der Waals surface area contributed by atoms with Gasteiger partial charge in [-0.2, -0.15) is 13.2 Å². The predicted molar refractivity (Wildman–Crippen MR) is 93.3 cm³/mol. The van der Waals surface area contributed by atoms with Gasteiger partial charge in [0.15, 0.2) is 5.69 Å². The molecule has 3 rings (SSSR count). The van der Waals surface area contributed by atoms with Gasteiger partial charge >= 0.3 is 6.18 Å². The Labute approximate surface area is 154 Å². The maximum atomic E-state index is 13.4. The topological polar surface area (TPSA) is 70.4 Å². The molecule has 1 aromatic carbocycles. The molecule has 1 amide bonds. The molecule has 2 heterocycles. The number of rotatable bonds is 5. The van der Waals surface area contributed by atoms with Gasteiger partial charge in [0.1, 0.15) is 11.8 Å². The fourth-order valence-corrected chi connectivity index (χ4v) is 3.03. The van der Waals surface area contributed by atoms with Crippen molar-refractivity contribution in [3.63, 3.8) is 0 Å². The van der Waals surface area contributed by atoms with Crippen molar-refractivity contribution in [2.24, 2.45) is 0 Å². The number of aromatic nitrogens is 1. The number of piperazine rings is 1. The maximum absolute atomic E-state index is 13.4. The van der Waals surface area contributed by atoms with Crippen molar-refractivity contribution in [1.82, 2.24) is 20.5 Å². The molecule has 27 heavy (non-hydrogen) atoms. The average molecular weight is 382 g/mol. The summed E-state index contributed by atoms with van der Waals surface area (Å²) in [7, 11) is 0. The molecule has 9 heteroatoms. The Kier molecular flexibility index (Phi) is 5.81. The van der Waals surface area contributed by atoms with Gasteiger partial charge in [-0.05, 0) is 19.1 Å². The highest BCUT2D eigenvalue weighted by Gasteiger charge is 2.44. The van der Waals surface area contributed by atoms with Crippen LogP contribution in [0.3, 0.4) is 0 Å². The first-order valence-electron chi connectivity index (χ1n) is 8.69. The number of oxazole rings is 1. The van der Waals surface area contributed by atoms with Gasteiger partial charge in [0.2, 0.25) is 5.89 Å². The summed E-state index contributed by atoms with van der Waals surface area (Å²) in [6.45, 7) is 2.57. The average Bonchev–Trinajstić information content (AvgIpc) is 3.04. The second kappa shape index (κ2) is 8.10. The molecule has 1 aromatic heterocycles. The molecular weight excluding hydrogens is 361 g/mol. The number of hydrogen-bond donors (Lipinski definition) is 2. The van der Waals surface area contributed by atoms with Crippen LogP contribution in [0.4, 0.5) is 13.2 Å². The Morgan fingerprint density at radius 3 is 2.59 bits per heavy atom. The Morgan fingerprint density at radius 2 is 1.96 bits per heavy atom. The summed E-state index contributed by atoms with van der Waals surface area (Å²) >= 11 is 0. The molecule has 1 unspecified atom stereocenters. The standard InChI is InChI=1S/C18H21F3N4O2/c1-12-15(24-17(27-12)13-5-3-2-4-6-13)16(26)23-11-14(18(19,20)21)25-9-7-22-8-10-25/h2-6,14,22H,7-11H2,1H3,(H,23,26). The van der Waals surface area contributed by atoms with E-state index in [1.54, 1.807) is 31.2 Å². The molecule has 1 aliphatic rings. The lowest BCUT2D eigenvalue weighted by Crippen LogP contribution is -2.57. The molecule has 146 valence electrons. The molecule has 0 spiro atoms. The van der Waals surface area contributed by atoms with Crippen molar-refractivity contribution in [3.05, 3.63) is 41.8 Å². The van der Waals surface area contributed by atoms with E-state index in [0.29, 0.717) is 18.7 Å². The molecule has 1 fully saturated rings. The first kappa shape index (κ1) is 19.4. The van der Waals surface area contributed by atoms with E-state index in [1.807, 2.05) is 6.07 Å². The first-order chi connectivity index (χ1) is 12.9. The zero-order valence-electron chi connectivity index (χ0n) is 14.8. The molecule has 0 aliphatic carbocycles. The van der Waals surface area contributed by atoms with Gasteiger partial charge in [-0.3, -0.25) is 9.69 Å². The van der Waals surface area contributed by atoms with E-state index in [4.69, 9.17) is 4.42 Å². The van der Waals surface area contributed by atoms with Crippen LogP contribution in [0.2, 0.25) is 0 Å². The molecule has 1 aliphatic heterocycles. The van der Waals surface area contributed by atoms with Gasteiger partial charge < -0.3 is 15.1 Å². The number of nitrogens with zero attached hydrogens (tertiary/aromatic N) is 2. The molecular formula is C18H21F3N4O2. The number of carbonyl (C=O) groups is 1. The largest absolute Gasteiger partial charge is 0.441 e.